The van der Waals surface area contributed by atoms with Crippen molar-refractivity contribution in [2.75, 3.05) is 0 Å². The molecule has 1 fully saturated rings. The fraction of sp³-hybridized carbons (Fsp3) is 0.905. The third kappa shape index (κ3) is 7.48. The maximum atomic E-state index is 13.1. The molecule has 1 rings (SSSR count). The molecule has 0 saturated carbocycles. The number of alkyl carbamates (subject to hydrolysis) is 1. The lowest BCUT2D eigenvalue weighted by Gasteiger charge is -2.32. The van der Waals surface area contributed by atoms with E-state index in [-0.39, 0.29) is 17.8 Å². The predicted molar refractivity (Wildman–Crippen MR) is 115 cm³/mol. The first-order valence-corrected chi connectivity index (χ1v) is 10.6. The summed E-state index contributed by atoms with van der Waals surface area (Å²) in [5.74, 6) is -0.382. The summed E-state index contributed by atoms with van der Waals surface area (Å²) >= 11 is 0. The quantitative estimate of drug-likeness (QED) is 0.623. The van der Waals surface area contributed by atoms with Crippen molar-refractivity contribution in [2.24, 2.45) is 11.8 Å². The second-order valence-electron chi connectivity index (χ2n) is 10.7. The van der Waals surface area contributed by atoms with Gasteiger partial charge < -0.3 is 24.7 Å². The molecule has 0 spiro atoms. The maximum absolute atomic E-state index is 13.1. The van der Waals surface area contributed by atoms with Crippen molar-refractivity contribution >= 4 is 19.1 Å². The van der Waals surface area contributed by atoms with E-state index in [1.807, 2.05) is 41.5 Å². The Bertz CT molecular complexity index is 568. The fourth-order valence-corrected chi connectivity index (χ4v) is 3.04. The molecule has 2 atom stereocenters. The van der Waals surface area contributed by atoms with Gasteiger partial charge in [-0.1, -0.05) is 27.7 Å². The average molecular weight is 412 g/mol. The molecule has 7 nitrogen and oxygen atoms in total. The van der Waals surface area contributed by atoms with Gasteiger partial charge in [-0.15, -0.1) is 0 Å². The van der Waals surface area contributed by atoms with Crippen LogP contribution in [0.25, 0.3) is 0 Å². The van der Waals surface area contributed by atoms with Crippen LogP contribution in [0.5, 0.6) is 0 Å². The molecule has 1 aliphatic rings. The van der Waals surface area contributed by atoms with Gasteiger partial charge in [-0.2, -0.15) is 0 Å². The summed E-state index contributed by atoms with van der Waals surface area (Å²) in [7, 11) is -0.555. The van der Waals surface area contributed by atoms with Crippen LogP contribution in [0.1, 0.15) is 82.6 Å². The SMILES string of the molecule is CC(C)CC(NC(=O)[C@@H](NC(=O)OC(C)(C)C)C(C)C)B1OC(C)(C)C(C)(C)O1. The van der Waals surface area contributed by atoms with Crippen molar-refractivity contribution in [2.45, 2.75) is 111 Å². The lowest BCUT2D eigenvalue weighted by Crippen LogP contribution is -2.56. The average Bonchev–Trinajstić information content (AvgIpc) is 2.69. The summed E-state index contributed by atoms with van der Waals surface area (Å²) in [6.07, 6.45) is 0.0854. The Morgan fingerprint density at radius 1 is 0.966 bits per heavy atom. The Morgan fingerprint density at radius 2 is 1.45 bits per heavy atom. The van der Waals surface area contributed by atoms with E-state index in [1.54, 1.807) is 20.8 Å². The molecule has 0 bridgehead atoms. The van der Waals surface area contributed by atoms with E-state index in [4.69, 9.17) is 14.0 Å². The summed E-state index contributed by atoms with van der Waals surface area (Å²) in [4.78, 5) is 25.3. The molecule has 1 aliphatic heterocycles. The zero-order chi connectivity index (χ0) is 22.8. The summed E-state index contributed by atoms with van der Waals surface area (Å²) in [6, 6.07) is -0.720. The second kappa shape index (κ2) is 9.25. The number of rotatable bonds is 7. The number of amides is 2. The monoisotopic (exact) mass is 412 g/mol. The van der Waals surface area contributed by atoms with Crippen LogP contribution in [0, 0.1) is 11.8 Å². The fourth-order valence-electron chi connectivity index (χ4n) is 3.04. The molecule has 2 amide bonds. The van der Waals surface area contributed by atoms with E-state index in [0.717, 1.165) is 0 Å². The Kier molecular flexibility index (Phi) is 8.22. The van der Waals surface area contributed by atoms with Gasteiger partial charge >= 0.3 is 13.2 Å². The lowest BCUT2D eigenvalue weighted by molar-refractivity contribution is -0.124. The van der Waals surface area contributed by atoms with Gasteiger partial charge in [0.25, 0.3) is 0 Å². The van der Waals surface area contributed by atoms with Crippen LogP contribution in [-0.2, 0) is 18.8 Å². The first-order valence-electron chi connectivity index (χ1n) is 10.6. The van der Waals surface area contributed by atoms with Crippen LogP contribution in [-0.4, -0.2) is 47.9 Å². The lowest BCUT2D eigenvalue weighted by atomic mass is 9.73. The number of carbonyl (C=O) groups excluding carboxylic acids is 2. The standard InChI is InChI=1S/C21H41BN2O5/c1-13(2)12-15(22-28-20(8,9)21(10,11)29-22)23-17(25)16(14(3)4)24-18(26)27-19(5,6)7/h13-16H,12H2,1-11H3,(H,23,25)(H,24,26)/t15?,16-/m0/s1. The number of carbonyl (C=O) groups is 2. The molecule has 0 aromatic carbocycles. The van der Waals surface area contributed by atoms with Crippen molar-refractivity contribution in [3.8, 4) is 0 Å². The van der Waals surface area contributed by atoms with E-state index in [0.29, 0.717) is 12.3 Å². The van der Waals surface area contributed by atoms with Crippen molar-refractivity contribution < 1.29 is 23.6 Å². The summed E-state index contributed by atoms with van der Waals surface area (Å²) in [5, 5.41) is 5.76. The highest BCUT2D eigenvalue weighted by molar-refractivity contribution is 6.48. The summed E-state index contributed by atoms with van der Waals surface area (Å²) in [6.45, 7) is 21.2. The van der Waals surface area contributed by atoms with Gasteiger partial charge in [0.1, 0.15) is 11.6 Å². The molecule has 29 heavy (non-hydrogen) atoms. The molecule has 168 valence electrons. The number of hydrogen-bond acceptors (Lipinski definition) is 5. The maximum Gasteiger partial charge on any atom is 0.481 e. The van der Waals surface area contributed by atoms with Crippen LogP contribution in [0.15, 0.2) is 0 Å². The normalized spacial score (nSPS) is 20.5. The number of ether oxygens (including phenoxy) is 1. The topological polar surface area (TPSA) is 85.9 Å². The van der Waals surface area contributed by atoms with Crippen molar-refractivity contribution in [1.82, 2.24) is 10.6 Å². The highest BCUT2D eigenvalue weighted by Crippen LogP contribution is 2.38. The molecular weight excluding hydrogens is 371 g/mol. The van der Waals surface area contributed by atoms with Crippen LogP contribution in [0.4, 0.5) is 4.79 Å². The molecule has 0 radical (unpaired) electrons. The van der Waals surface area contributed by atoms with Gasteiger partial charge in [0.05, 0.1) is 17.1 Å². The zero-order valence-electron chi connectivity index (χ0n) is 20.1. The Morgan fingerprint density at radius 3 is 1.83 bits per heavy atom. The molecule has 1 heterocycles. The number of hydrogen-bond donors (Lipinski definition) is 2. The number of nitrogens with one attached hydrogen (secondary N) is 2. The third-order valence-electron chi connectivity index (χ3n) is 5.27. The largest absolute Gasteiger partial charge is 0.481 e. The molecule has 0 aromatic heterocycles. The van der Waals surface area contributed by atoms with E-state index in [1.165, 1.54) is 0 Å². The third-order valence-corrected chi connectivity index (χ3v) is 5.27. The van der Waals surface area contributed by atoms with Crippen LogP contribution >= 0.6 is 0 Å². The minimum absolute atomic E-state index is 0.111. The molecule has 0 aliphatic carbocycles. The Labute approximate surface area is 177 Å². The summed E-state index contributed by atoms with van der Waals surface area (Å²) < 4.78 is 17.6. The summed E-state index contributed by atoms with van der Waals surface area (Å²) in [5.41, 5.74) is -1.60. The van der Waals surface area contributed by atoms with E-state index in [9.17, 15) is 9.59 Å². The first kappa shape index (κ1) is 25.8. The van der Waals surface area contributed by atoms with Gasteiger partial charge in [-0.25, -0.2) is 4.79 Å². The molecule has 0 aromatic rings. The molecular formula is C21H41BN2O5. The van der Waals surface area contributed by atoms with Gasteiger partial charge in [-0.05, 0) is 66.7 Å². The first-order chi connectivity index (χ1) is 12.9. The Balaban J connectivity index is 2.93. The molecule has 1 saturated heterocycles. The minimum Gasteiger partial charge on any atom is -0.444 e. The Hall–Kier alpha value is -1.28. The van der Waals surface area contributed by atoms with Crippen LogP contribution in [0.3, 0.4) is 0 Å². The van der Waals surface area contributed by atoms with Gasteiger partial charge in [0, 0.05) is 0 Å². The predicted octanol–water partition coefficient (Wildman–Crippen LogP) is 3.70. The zero-order valence-corrected chi connectivity index (χ0v) is 20.1. The van der Waals surface area contributed by atoms with Crippen LogP contribution in [0.2, 0.25) is 0 Å². The van der Waals surface area contributed by atoms with E-state index in [2.05, 4.69) is 24.5 Å². The molecule has 2 N–H and O–H groups in total. The minimum atomic E-state index is -0.720. The second-order valence-corrected chi connectivity index (χ2v) is 10.7. The van der Waals surface area contributed by atoms with Gasteiger partial charge in [0.2, 0.25) is 5.91 Å². The smallest absolute Gasteiger partial charge is 0.444 e. The van der Waals surface area contributed by atoms with Gasteiger partial charge in [-0.3, -0.25) is 4.79 Å². The van der Waals surface area contributed by atoms with Gasteiger partial charge in [0.15, 0.2) is 0 Å². The van der Waals surface area contributed by atoms with Crippen LogP contribution < -0.4 is 10.6 Å². The molecule has 1 unspecified atom stereocenters. The van der Waals surface area contributed by atoms with Crippen molar-refractivity contribution in [3.63, 3.8) is 0 Å². The molecule has 8 heteroatoms. The highest BCUT2D eigenvalue weighted by atomic mass is 16.7. The van der Waals surface area contributed by atoms with E-state index >= 15 is 0 Å². The van der Waals surface area contributed by atoms with Crippen molar-refractivity contribution in [1.29, 1.82) is 0 Å². The van der Waals surface area contributed by atoms with E-state index < -0.39 is 36.1 Å². The van der Waals surface area contributed by atoms with Crippen molar-refractivity contribution in [3.05, 3.63) is 0 Å². The highest BCUT2D eigenvalue weighted by Gasteiger charge is 2.54.